The second kappa shape index (κ2) is 8.22. The molecule has 1 fully saturated rings. The molecule has 8 heteroatoms. The number of nitrogens with two attached hydrogens (primary N) is 1. The Bertz CT molecular complexity index is 831. The van der Waals surface area contributed by atoms with Crippen molar-refractivity contribution in [3.63, 3.8) is 0 Å². The number of ether oxygens (including phenoxy) is 2. The van der Waals surface area contributed by atoms with Crippen LogP contribution < -0.4 is 15.4 Å². The molecule has 2 heterocycles. The van der Waals surface area contributed by atoms with Gasteiger partial charge in [-0.3, -0.25) is 4.98 Å². The number of benzene rings is 1. The summed E-state index contributed by atoms with van der Waals surface area (Å²) in [7, 11) is 1.41. The van der Waals surface area contributed by atoms with E-state index in [1.54, 1.807) is 18.3 Å². The molecule has 1 aromatic carbocycles. The van der Waals surface area contributed by atoms with Gasteiger partial charge in [-0.1, -0.05) is 0 Å². The molecule has 0 saturated carbocycles. The highest BCUT2D eigenvalue weighted by molar-refractivity contribution is 5.66. The van der Waals surface area contributed by atoms with Crippen molar-refractivity contribution in [1.29, 1.82) is 0 Å². The molecule has 1 aromatic heterocycles. The van der Waals surface area contributed by atoms with Gasteiger partial charge in [-0.05, 0) is 37.1 Å². The summed E-state index contributed by atoms with van der Waals surface area (Å²) in [5, 5.41) is 9.81. The number of hydrogen-bond acceptors (Lipinski definition) is 6. The van der Waals surface area contributed by atoms with Crippen molar-refractivity contribution < 1.29 is 23.8 Å². The first-order valence-electron chi connectivity index (χ1n) is 8.66. The summed E-state index contributed by atoms with van der Waals surface area (Å²) in [6.07, 6.45) is 2.13. The molecule has 27 heavy (non-hydrogen) atoms. The number of nitrogens with zero attached hydrogens (tertiary/aromatic N) is 2. The second-order valence-electron chi connectivity index (χ2n) is 6.35. The Labute approximate surface area is 156 Å². The van der Waals surface area contributed by atoms with E-state index < -0.39 is 11.9 Å². The van der Waals surface area contributed by atoms with Gasteiger partial charge in [0.15, 0.2) is 11.6 Å². The van der Waals surface area contributed by atoms with Crippen LogP contribution in [0.2, 0.25) is 0 Å². The summed E-state index contributed by atoms with van der Waals surface area (Å²) in [6.45, 7) is 1.04. The van der Waals surface area contributed by atoms with Gasteiger partial charge in [0.1, 0.15) is 6.10 Å². The van der Waals surface area contributed by atoms with Gasteiger partial charge < -0.3 is 25.2 Å². The summed E-state index contributed by atoms with van der Waals surface area (Å²) in [4.78, 5) is 17.4. The number of piperidine rings is 1. The van der Waals surface area contributed by atoms with E-state index in [0.717, 1.165) is 25.1 Å². The van der Waals surface area contributed by atoms with Crippen molar-refractivity contribution in [2.75, 3.05) is 25.1 Å². The van der Waals surface area contributed by atoms with Gasteiger partial charge in [0.25, 0.3) is 0 Å². The lowest BCUT2D eigenvalue weighted by atomic mass is 10.0. The zero-order valence-corrected chi connectivity index (χ0v) is 15.0. The van der Waals surface area contributed by atoms with Crippen LogP contribution in [0.3, 0.4) is 0 Å². The highest BCUT2D eigenvalue weighted by atomic mass is 19.1. The van der Waals surface area contributed by atoms with Gasteiger partial charge in [-0.25, -0.2) is 9.18 Å². The van der Waals surface area contributed by atoms with Gasteiger partial charge in [-0.15, -0.1) is 0 Å². The standard InChI is InChI=1S/C19H22FN3O4/c1-26-18-5-4-12(7-15(18)20)16-8-13(11-24)17(9-22-16)23-6-2-3-14(10-23)27-19(21)25/h4-5,7-9,14,24H,2-3,6,10-11H2,1H3,(H2,21,25). The maximum atomic E-state index is 14.0. The Morgan fingerprint density at radius 1 is 1.44 bits per heavy atom. The van der Waals surface area contributed by atoms with Crippen LogP contribution in [-0.4, -0.2) is 42.5 Å². The number of carbonyl (C=O) groups is 1. The zero-order valence-electron chi connectivity index (χ0n) is 15.0. The van der Waals surface area contributed by atoms with Gasteiger partial charge in [-0.2, -0.15) is 0 Å². The van der Waals surface area contributed by atoms with Gasteiger partial charge in [0, 0.05) is 17.7 Å². The van der Waals surface area contributed by atoms with Crippen molar-refractivity contribution in [1.82, 2.24) is 4.98 Å². The number of aliphatic hydroxyl groups excluding tert-OH is 1. The van der Waals surface area contributed by atoms with E-state index in [2.05, 4.69) is 4.98 Å². The Morgan fingerprint density at radius 2 is 2.26 bits per heavy atom. The fraction of sp³-hybridized carbons (Fsp3) is 0.368. The predicted octanol–water partition coefficient (Wildman–Crippen LogP) is 2.45. The van der Waals surface area contributed by atoms with E-state index >= 15 is 0 Å². The first-order valence-corrected chi connectivity index (χ1v) is 8.66. The molecule has 3 rings (SSSR count). The molecule has 0 radical (unpaired) electrons. The minimum atomic E-state index is -0.792. The molecular formula is C19H22FN3O4. The average molecular weight is 375 g/mol. The summed E-state index contributed by atoms with van der Waals surface area (Å²) in [6, 6.07) is 6.33. The van der Waals surface area contributed by atoms with Crippen molar-refractivity contribution in [3.8, 4) is 17.0 Å². The number of carbonyl (C=O) groups excluding carboxylic acids is 1. The molecule has 1 atom stereocenters. The quantitative estimate of drug-likeness (QED) is 0.833. The topological polar surface area (TPSA) is 97.9 Å². The molecule has 0 aliphatic carbocycles. The summed E-state index contributed by atoms with van der Waals surface area (Å²) >= 11 is 0. The number of primary amides is 1. The fourth-order valence-electron chi connectivity index (χ4n) is 3.30. The van der Waals surface area contributed by atoms with Gasteiger partial charge in [0.05, 0.1) is 37.8 Å². The Kier molecular flexibility index (Phi) is 5.75. The van der Waals surface area contributed by atoms with Crippen LogP contribution in [0, 0.1) is 5.82 Å². The monoisotopic (exact) mass is 375 g/mol. The van der Waals surface area contributed by atoms with E-state index in [9.17, 15) is 14.3 Å². The Hall–Kier alpha value is -2.87. The van der Waals surface area contributed by atoms with E-state index in [1.165, 1.54) is 19.2 Å². The number of rotatable bonds is 5. The summed E-state index contributed by atoms with van der Waals surface area (Å²) in [5.74, 6) is -0.319. The number of halogens is 1. The number of methoxy groups -OCH3 is 1. The molecule has 1 unspecified atom stereocenters. The van der Waals surface area contributed by atoms with Crippen LogP contribution in [0.5, 0.6) is 5.75 Å². The number of pyridine rings is 1. The molecule has 2 aromatic rings. The van der Waals surface area contributed by atoms with E-state index in [0.29, 0.717) is 23.4 Å². The Morgan fingerprint density at radius 3 is 2.93 bits per heavy atom. The van der Waals surface area contributed by atoms with Crippen molar-refractivity contribution in [3.05, 3.63) is 41.8 Å². The molecule has 1 aliphatic rings. The molecule has 1 amide bonds. The van der Waals surface area contributed by atoms with Crippen molar-refractivity contribution in [2.45, 2.75) is 25.6 Å². The third kappa shape index (κ3) is 4.28. The zero-order chi connectivity index (χ0) is 19.4. The summed E-state index contributed by atoms with van der Waals surface area (Å²) in [5.41, 5.74) is 7.66. The van der Waals surface area contributed by atoms with Crippen LogP contribution in [0.1, 0.15) is 18.4 Å². The number of aromatic nitrogens is 1. The number of anilines is 1. The van der Waals surface area contributed by atoms with Crippen LogP contribution in [0.25, 0.3) is 11.3 Å². The smallest absolute Gasteiger partial charge is 0.404 e. The fourth-order valence-corrected chi connectivity index (χ4v) is 3.30. The molecule has 0 bridgehead atoms. The molecular weight excluding hydrogens is 353 g/mol. The van der Waals surface area contributed by atoms with Gasteiger partial charge >= 0.3 is 6.09 Å². The largest absolute Gasteiger partial charge is 0.494 e. The maximum absolute atomic E-state index is 14.0. The molecule has 3 N–H and O–H groups in total. The molecule has 7 nitrogen and oxygen atoms in total. The lowest BCUT2D eigenvalue weighted by Crippen LogP contribution is -2.41. The van der Waals surface area contributed by atoms with Gasteiger partial charge in [0.2, 0.25) is 0 Å². The lowest BCUT2D eigenvalue weighted by molar-refractivity contribution is 0.0965. The summed E-state index contributed by atoms with van der Waals surface area (Å²) < 4.78 is 24.0. The first-order chi connectivity index (χ1) is 13.0. The van der Waals surface area contributed by atoms with E-state index in [-0.39, 0.29) is 18.5 Å². The van der Waals surface area contributed by atoms with E-state index in [1.807, 2.05) is 4.90 Å². The Balaban J connectivity index is 1.86. The third-order valence-electron chi connectivity index (χ3n) is 4.59. The minimum absolute atomic E-state index is 0.159. The highest BCUT2D eigenvalue weighted by Crippen LogP contribution is 2.30. The van der Waals surface area contributed by atoms with E-state index in [4.69, 9.17) is 15.2 Å². The van der Waals surface area contributed by atoms with Crippen molar-refractivity contribution >= 4 is 11.8 Å². The highest BCUT2D eigenvalue weighted by Gasteiger charge is 2.24. The predicted molar refractivity (Wildman–Crippen MR) is 98.0 cm³/mol. The van der Waals surface area contributed by atoms with Crippen LogP contribution >= 0.6 is 0 Å². The van der Waals surface area contributed by atoms with Crippen LogP contribution in [0.4, 0.5) is 14.9 Å². The SMILES string of the molecule is COc1ccc(-c2cc(CO)c(N3CCCC(OC(N)=O)C3)cn2)cc1F. The normalized spacial score (nSPS) is 16.9. The van der Waals surface area contributed by atoms with Crippen molar-refractivity contribution in [2.24, 2.45) is 5.73 Å². The average Bonchev–Trinajstić information content (AvgIpc) is 2.67. The number of amides is 1. The third-order valence-corrected chi connectivity index (χ3v) is 4.59. The lowest BCUT2D eigenvalue weighted by Gasteiger charge is -2.34. The minimum Gasteiger partial charge on any atom is -0.494 e. The second-order valence-corrected chi connectivity index (χ2v) is 6.35. The maximum Gasteiger partial charge on any atom is 0.404 e. The van der Waals surface area contributed by atoms with Crippen LogP contribution in [-0.2, 0) is 11.3 Å². The number of aliphatic hydroxyl groups is 1. The molecule has 1 aliphatic heterocycles. The van der Waals surface area contributed by atoms with Crippen LogP contribution in [0.15, 0.2) is 30.5 Å². The first kappa shape index (κ1) is 18.9. The molecule has 1 saturated heterocycles. The number of hydrogen-bond donors (Lipinski definition) is 2. The molecule has 144 valence electrons. The molecule has 0 spiro atoms.